The van der Waals surface area contributed by atoms with Gasteiger partial charge in [-0.1, -0.05) is 6.07 Å². The number of nitrogens with zero attached hydrogens (tertiary/aromatic N) is 2. The molecule has 0 amide bonds. The number of rotatable bonds is 5. The SMILES string of the molecule is CCS(=O)(=O)NC1CC2(CCN(Cc3ccccn3)CC2)C1.O=C(O)C(F)(F)F.O=C(O)C(F)(F)F. The van der Waals surface area contributed by atoms with Crippen LogP contribution in [-0.4, -0.2) is 77.7 Å². The number of nitrogens with one attached hydrogen (secondary N) is 1. The molecule has 0 aromatic carbocycles. The van der Waals surface area contributed by atoms with Gasteiger partial charge in [0.2, 0.25) is 10.0 Å². The van der Waals surface area contributed by atoms with E-state index in [9.17, 15) is 34.8 Å². The van der Waals surface area contributed by atoms with Crippen LogP contribution in [-0.2, 0) is 26.2 Å². The van der Waals surface area contributed by atoms with E-state index in [-0.39, 0.29) is 11.8 Å². The number of sulfonamides is 1. The maximum absolute atomic E-state index is 11.6. The van der Waals surface area contributed by atoms with E-state index in [2.05, 4.69) is 20.7 Å². The number of hydrogen-bond acceptors (Lipinski definition) is 6. The number of likely N-dealkylation sites (tertiary alicyclic amines) is 1. The van der Waals surface area contributed by atoms with E-state index < -0.39 is 34.3 Å². The predicted molar refractivity (Wildman–Crippen MR) is 114 cm³/mol. The summed E-state index contributed by atoms with van der Waals surface area (Å²) in [5, 5.41) is 14.2. The van der Waals surface area contributed by atoms with Gasteiger partial charge in [-0.15, -0.1) is 0 Å². The fraction of sp³-hybridized carbons (Fsp3) is 0.650. The first kappa shape index (κ1) is 31.6. The molecule has 0 unspecified atom stereocenters. The van der Waals surface area contributed by atoms with Crippen LogP contribution in [0.3, 0.4) is 0 Å². The molecule has 1 saturated heterocycles. The van der Waals surface area contributed by atoms with E-state index in [4.69, 9.17) is 19.8 Å². The smallest absolute Gasteiger partial charge is 0.475 e. The van der Waals surface area contributed by atoms with Gasteiger partial charge in [-0.3, -0.25) is 9.88 Å². The van der Waals surface area contributed by atoms with Crippen LogP contribution >= 0.6 is 0 Å². The molecule has 2 aliphatic rings. The van der Waals surface area contributed by atoms with Crippen molar-refractivity contribution in [2.75, 3.05) is 18.8 Å². The number of carboxylic acids is 2. The van der Waals surface area contributed by atoms with E-state index in [1.807, 2.05) is 18.3 Å². The third-order valence-corrected chi connectivity index (χ3v) is 7.05. The van der Waals surface area contributed by atoms with Gasteiger partial charge in [0.1, 0.15) is 0 Å². The van der Waals surface area contributed by atoms with Gasteiger partial charge in [0.15, 0.2) is 0 Å². The second-order valence-corrected chi connectivity index (χ2v) is 10.4. The molecular formula is C20H27F6N3O6S. The molecular weight excluding hydrogens is 524 g/mol. The van der Waals surface area contributed by atoms with E-state index in [0.29, 0.717) is 5.41 Å². The Balaban J connectivity index is 0.000000383. The van der Waals surface area contributed by atoms with Crippen LogP contribution in [0.4, 0.5) is 26.3 Å². The van der Waals surface area contributed by atoms with Crippen molar-refractivity contribution >= 4 is 22.0 Å². The van der Waals surface area contributed by atoms with E-state index in [1.54, 1.807) is 6.92 Å². The number of piperidine rings is 1. The number of pyridine rings is 1. The molecule has 0 atom stereocenters. The molecule has 3 N–H and O–H groups in total. The fourth-order valence-corrected chi connectivity index (χ4v) is 4.56. The molecule has 36 heavy (non-hydrogen) atoms. The molecule has 0 radical (unpaired) electrons. The zero-order valence-corrected chi connectivity index (χ0v) is 20.0. The minimum atomic E-state index is -5.08. The topological polar surface area (TPSA) is 137 Å². The molecule has 2 heterocycles. The molecule has 1 aromatic rings. The van der Waals surface area contributed by atoms with Gasteiger partial charge in [0.05, 0.1) is 11.4 Å². The highest BCUT2D eigenvalue weighted by Crippen LogP contribution is 2.49. The van der Waals surface area contributed by atoms with Crippen molar-refractivity contribution in [2.24, 2.45) is 5.41 Å². The van der Waals surface area contributed by atoms with E-state index >= 15 is 0 Å². The first-order valence-electron chi connectivity index (χ1n) is 10.6. The lowest BCUT2D eigenvalue weighted by atomic mass is 9.60. The minimum absolute atomic E-state index is 0.160. The average Bonchev–Trinajstić information content (AvgIpc) is 2.74. The number of aromatic nitrogens is 1. The van der Waals surface area contributed by atoms with Crippen molar-refractivity contribution in [2.45, 2.75) is 57.5 Å². The van der Waals surface area contributed by atoms with E-state index in [0.717, 1.165) is 38.2 Å². The van der Waals surface area contributed by atoms with Crippen LogP contribution in [0.2, 0.25) is 0 Å². The maximum Gasteiger partial charge on any atom is 0.490 e. The normalized spacial score (nSPS) is 18.2. The predicted octanol–water partition coefficient (Wildman–Crippen LogP) is 3.03. The van der Waals surface area contributed by atoms with Crippen LogP contribution in [0.25, 0.3) is 0 Å². The highest BCUT2D eigenvalue weighted by molar-refractivity contribution is 7.89. The largest absolute Gasteiger partial charge is 0.490 e. The Morgan fingerprint density at radius 3 is 1.89 bits per heavy atom. The van der Waals surface area contributed by atoms with Gasteiger partial charge >= 0.3 is 24.3 Å². The molecule has 1 aromatic heterocycles. The summed E-state index contributed by atoms with van der Waals surface area (Å²) in [5.41, 5.74) is 1.50. The first-order chi connectivity index (χ1) is 16.4. The van der Waals surface area contributed by atoms with E-state index in [1.165, 1.54) is 12.8 Å². The third-order valence-electron chi connectivity index (χ3n) is 5.60. The summed E-state index contributed by atoms with van der Waals surface area (Å²) in [6.45, 7) is 4.78. The van der Waals surface area contributed by atoms with Crippen LogP contribution in [0.15, 0.2) is 24.4 Å². The molecule has 1 aliphatic heterocycles. The van der Waals surface area contributed by atoms with Gasteiger partial charge in [0, 0.05) is 18.8 Å². The molecule has 9 nitrogen and oxygen atoms in total. The second-order valence-electron chi connectivity index (χ2n) is 8.33. The Hall–Kier alpha value is -2.46. The molecule has 16 heteroatoms. The van der Waals surface area contributed by atoms with Crippen LogP contribution in [0.1, 0.15) is 38.3 Å². The van der Waals surface area contributed by atoms with Crippen LogP contribution in [0.5, 0.6) is 0 Å². The number of aliphatic carboxylic acids is 2. The van der Waals surface area contributed by atoms with Crippen LogP contribution < -0.4 is 4.72 Å². The van der Waals surface area contributed by atoms with Crippen molar-refractivity contribution in [1.82, 2.24) is 14.6 Å². The molecule has 0 bridgehead atoms. The minimum Gasteiger partial charge on any atom is -0.475 e. The number of hydrogen-bond donors (Lipinski definition) is 3. The van der Waals surface area contributed by atoms with Crippen molar-refractivity contribution in [1.29, 1.82) is 0 Å². The maximum atomic E-state index is 11.6. The summed E-state index contributed by atoms with van der Waals surface area (Å²) in [5.74, 6) is -5.34. The third kappa shape index (κ3) is 11.1. The van der Waals surface area contributed by atoms with Gasteiger partial charge in [-0.2, -0.15) is 26.3 Å². The van der Waals surface area contributed by atoms with Gasteiger partial charge in [0.25, 0.3) is 0 Å². The molecule has 1 aliphatic carbocycles. The number of halogens is 6. The monoisotopic (exact) mass is 551 g/mol. The van der Waals surface area contributed by atoms with Gasteiger partial charge in [-0.05, 0) is 63.2 Å². The molecule has 1 saturated carbocycles. The quantitative estimate of drug-likeness (QED) is 0.475. The van der Waals surface area contributed by atoms with Crippen molar-refractivity contribution in [3.63, 3.8) is 0 Å². The van der Waals surface area contributed by atoms with Gasteiger partial charge < -0.3 is 10.2 Å². The molecule has 2 fully saturated rings. The summed E-state index contributed by atoms with van der Waals surface area (Å²) in [6.07, 6.45) is -3.97. The summed E-state index contributed by atoms with van der Waals surface area (Å²) < 4.78 is 89.5. The average molecular weight is 552 g/mol. The van der Waals surface area contributed by atoms with Crippen molar-refractivity contribution in [3.8, 4) is 0 Å². The first-order valence-corrected chi connectivity index (χ1v) is 12.3. The van der Waals surface area contributed by atoms with Gasteiger partial charge in [-0.25, -0.2) is 22.7 Å². The Labute approximate surface area is 203 Å². The summed E-state index contributed by atoms with van der Waals surface area (Å²) in [4.78, 5) is 24.6. The second kappa shape index (κ2) is 12.7. The lowest BCUT2D eigenvalue weighted by molar-refractivity contribution is -0.193. The summed E-state index contributed by atoms with van der Waals surface area (Å²) >= 11 is 0. The number of carbonyl (C=O) groups is 2. The van der Waals surface area contributed by atoms with Crippen LogP contribution in [0, 0.1) is 5.41 Å². The lowest BCUT2D eigenvalue weighted by Gasteiger charge is -2.52. The summed E-state index contributed by atoms with van der Waals surface area (Å²) in [7, 11) is -3.06. The fourth-order valence-electron chi connectivity index (χ4n) is 3.72. The Bertz CT molecular complexity index is 932. The molecule has 206 valence electrons. The standard InChI is InChI=1S/C16H25N3O2S.2C2HF3O2/c1-2-22(20,21)18-15-11-16(12-15)6-9-19(10-7-16)13-14-5-3-4-8-17-14;2*3-2(4,5)1(6)7/h3-5,8,15,18H,2,6-7,9-13H2,1H3;2*(H,6,7). The number of alkyl halides is 6. The Morgan fingerprint density at radius 1 is 1.06 bits per heavy atom. The Kier molecular flexibility index (Phi) is 11.1. The molecule has 1 spiro atoms. The highest BCUT2D eigenvalue weighted by atomic mass is 32.2. The number of carboxylic acid groups (broad SMARTS) is 2. The van der Waals surface area contributed by atoms with Crippen molar-refractivity contribution in [3.05, 3.63) is 30.1 Å². The highest BCUT2D eigenvalue weighted by Gasteiger charge is 2.46. The zero-order chi connectivity index (χ0) is 27.8. The van der Waals surface area contributed by atoms with Crippen molar-refractivity contribution < 1.29 is 54.6 Å². The lowest BCUT2D eigenvalue weighted by Crippen LogP contribution is -2.54. The summed E-state index contributed by atoms with van der Waals surface area (Å²) in [6, 6.07) is 6.21. The zero-order valence-electron chi connectivity index (χ0n) is 19.1. The Morgan fingerprint density at radius 2 is 1.53 bits per heavy atom. The molecule has 3 rings (SSSR count).